The molecule has 2 heterocycles. The number of halogens is 1. The van der Waals surface area contributed by atoms with E-state index < -0.39 is 10.0 Å². The molecule has 0 spiro atoms. The third kappa shape index (κ3) is 4.45. The van der Waals surface area contributed by atoms with Crippen molar-refractivity contribution in [2.45, 2.75) is 30.1 Å². The number of sulfonamides is 1. The zero-order valence-electron chi connectivity index (χ0n) is 20.0. The molecule has 0 saturated heterocycles. The number of hydrogen-bond donors (Lipinski definition) is 3. The number of hydrogen-bond acceptors (Lipinski definition) is 7. The van der Waals surface area contributed by atoms with Crippen LogP contribution in [0.1, 0.15) is 35.7 Å². The summed E-state index contributed by atoms with van der Waals surface area (Å²) in [6.45, 7) is 0. The van der Waals surface area contributed by atoms with Gasteiger partial charge in [0.1, 0.15) is 11.2 Å². The molecule has 10 nitrogen and oxygen atoms in total. The lowest BCUT2D eigenvalue weighted by molar-refractivity contribution is 0.597. The molecule has 2 aromatic carbocycles. The van der Waals surface area contributed by atoms with Crippen molar-refractivity contribution in [1.29, 1.82) is 0 Å². The minimum Gasteiger partial charge on any atom is -0.388 e. The Balaban J connectivity index is 1.73. The van der Waals surface area contributed by atoms with Crippen molar-refractivity contribution in [1.82, 2.24) is 19.7 Å². The average molecular weight is 528 g/mol. The Morgan fingerprint density at radius 2 is 1.92 bits per heavy atom. The number of aromatic nitrogens is 4. The molecule has 0 aliphatic heterocycles. The Morgan fingerprint density at radius 1 is 1.22 bits per heavy atom. The fraction of sp³-hybridized carbons (Fsp3) is 0.292. The summed E-state index contributed by atoms with van der Waals surface area (Å²) in [5.41, 5.74) is 3.21. The van der Waals surface area contributed by atoms with Crippen molar-refractivity contribution in [3.05, 3.63) is 68.7 Å². The molecule has 0 radical (unpaired) electrons. The predicted molar refractivity (Wildman–Crippen MR) is 141 cm³/mol. The van der Waals surface area contributed by atoms with Crippen LogP contribution in [0.4, 0.5) is 11.5 Å². The highest BCUT2D eigenvalue weighted by atomic mass is 35.5. The van der Waals surface area contributed by atoms with E-state index in [1.54, 1.807) is 29.7 Å². The first kappa shape index (κ1) is 24.3. The molecule has 1 aliphatic carbocycles. The standard InChI is InChI=1S/C24H26ClN7O3S/c1-27-15-8-4-13(5-9-15)10-19-28-22-20(24(33)29-19)23(31(2)3)30-32(22)21-17(14-6-7-14)11-16(12-18(21)25)36(26,34)35/h4-5,8-9,11-12,14,27H,6-7,10H2,1-3H3,(H2,26,34,35)(H,28,29,33). The highest BCUT2D eigenvalue weighted by Crippen LogP contribution is 2.46. The molecular weight excluding hydrogens is 502 g/mol. The van der Waals surface area contributed by atoms with Gasteiger partial charge in [-0.1, -0.05) is 23.7 Å². The zero-order chi connectivity index (χ0) is 25.8. The summed E-state index contributed by atoms with van der Waals surface area (Å²) in [4.78, 5) is 22.6. The first-order valence-electron chi connectivity index (χ1n) is 11.4. The Labute approximate surface area is 213 Å². The largest absolute Gasteiger partial charge is 0.388 e. The van der Waals surface area contributed by atoms with Crippen LogP contribution in [0.15, 0.2) is 46.1 Å². The maximum Gasteiger partial charge on any atom is 0.264 e. The molecule has 1 saturated carbocycles. The Kier molecular flexibility index (Phi) is 6.01. The van der Waals surface area contributed by atoms with Gasteiger partial charge in [-0.25, -0.2) is 23.2 Å². The van der Waals surface area contributed by atoms with Gasteiger partial charge in [0.05, 0.1) is 15.6 Å². The summed E-state index contributed by atoms with van der Waals surface area (Å²) in [7, 11) is 1.47. The number of nitrogens with two attached hydrogens (primary N) is 1. The van der Waals surface area contributed by atoms with Crippen molar-refractivity contribution in [2.75, 3.05) is 31.4 Å². The van der Waals surface area contributed by atoms with E-state index in [1.807, 2.05) is 31.3 Å². The van der Waals surface area contributed by atoms with Crippen LogP contribution in [0.2, 0.25) is 5.02 Å². The second kappa shape index (κ2) is 8.91. The highest BCUT2D eigenvalue weighted by Gasteiger charge is 2.32. The quantitative estimate of drug-likeness (QED) is 0.335. The molecule has 4 N–H and O–H groups in total. The third-order valence-electron chi connectivity index (χ3n) is 6.23. The van der Waals surface area contributed by atoms with Crippen molar-refractivity contribution >= 4 is 44.2 Å². The average Bonchev–Trinajstić information content (AvgIpc) is 3.59. The molecule has 0 bridgehead atoms. The summed E-state index contributed by atoms with van der Waals surface area (Å²) in [5, 5.41) is 13.7. The summed E-state index contributed by atoms with van der Waals surface area (Å²) < 4.78 is 25.7. The minimum absolute atomic E-state index is 0.0565. The number of rotatable bonds is 7. The highest BCUT2D eigenvalue weighted by molar-refractivity contribution is 7.89. The minimum atomic E-state index is -3.95. The van der Waals surface area contributed by atoms with Gasteiger partial charge in [0, 0.05) is 33.3 Å². The van der Waals surface area contributed by atoms with E-state index in [1.165, 1.54) is 6.07 Å². The molecule has 1 aliphatic rings. The fourth-order valence-electron chi connectivity index (χ4n) is 4.28. The van der Waals surface area contributed by atoms with E-state index in [-0.39, 0.29) is 21.4 Å². The lowest BCUT2D eigenvalue weighted by Crippen LogP contribution is -2.16. The van der Waals surface area contributed by atoms with Crippen LogP contribution < -0.4 is 20.9 Å². The van der Waals surface area contributed by atoms with Crippen molar-refractivity contribution in [3.63, 3.8) is 0 Å². The van der Waals surface area contributed by atoms with Gasteiger partial charge in [-0.05, 0) is 54.2 Å². The molecule has 4 aromatic rings. The molecule has 5 rings (SSSR count). The number of fused-ring (bicyclic) bond motifs is 1. The molecule has 12 heteroatoms. The van der Waals surface area contributed by atoms with Gasteiger partial charge >= 0.3 is 0 Å². The van der Waals surface area contributed by atoms with Crippen LogP contribution in [0, 0.1) is 0 Å². The number of primary sulfonamides is 1. The fourth-order valence-corrected chi connectivity index (χ4v) is 5.22. The van der Waals surface area contributed by atoms with E-state index in [0.717, 1.165) is 24.1 Å². The SMILES string of the molecule is CNc1ccc(Cc2nc3c(c(N(C)C)nn3-c3c(Cl)cc(S(N)(=O)=O)cc3C3CC3)c(=O)[nH]2)cc1. The van der Waals surface area contributed by atoms with Crippen LogP contribution in [-0.4, -0.2) is 49.3 Å². The molecular formula is C24H26ClN7O3S. The number of nitrogens with one attached hydrogen (secondary N) is 2. The van der Waals surface area contributed by atoms with Crippen LogP contribution in [0.25, 0.3) is 16.7 Å². The van der Waals surface area contributed by atoms with E-state index >= 15 is 0 Å². The van der Waals surface area contributed by atoms with Gasteiger partial charge in [0.15, 0.2) is 11.5 Å². The van der Waals surface area contributed by atoms with Crippen molar-refractivity contribution in [3.8, 4) is 5.69 Å². The summed E-state index contributed by atoms with van der Waals surface area (Å²) in [6, 6.07) is 10.7. The van der Waals surface area contributed by atoms with Crippen LogP contribution in [0.5, 0.6) is 0 Å². The summed E-state index contributed by atoms with van der Waals surface area (Å²) in [5.74, 6) is 1.02. The van der Waals surface area contributed by atoms with E-state index in [9.17, 15) is 13.2 Å². The van der Waals surface area contributed by atoms with Crippen molar-refractivity contribution < 1.29 is 8.42 Å². The molecule has 0 amide bonds. The maximum atomic E-state index is 13.2. The van der Waals surface area contributed by atoms with Gasteiger partial charge in [0.25, 0.3) is 5.56 Å². The smallest absolute Gasteiger partial charge is 0.264 e. The van der Waals surface area contributed by atoms with Gasteiger partial charge in [-0.15, -0.1) is 5.10 Å². The molecule has 188 valence electrons. The molecule has 1 fully saturated rings. The van der Waals surface area contributed by atoms with Gasteiger partial charge in [0.2, 0.25) is 10.0 Å². The molecule has 0 unspecified atom stereocenters. The number of aromatic amines is 1. The lowest BCUT2D eigenvalue weighted by Gasteiger charge is -2.14. The maximum absolute atomic E-state index is 13.2. The topological polar surface area (TPSA) is 139 Å². The second-order valence-corrected chi connectivity index (χ2v) is 11.1. The van der Waals surface area contributed by atoms with E-state index in [4.69, 9.17) is 26.8 Å². The van der Waals surface area contributed by atoms with Crippen LogP contribution in [-0.2, 0) is 16.4 Å². The van der Waals surface area contributed by atoms with Crippen LogP contribution in [0.3, 0.4) is 0 Å². The summed E-state index contributed by atoms with van der Waals surface area (Å²) in [6.07, 6.45) is 2.18. The van der Waals surface area contributed by atoms with Crippen molar-refractivity contribution in [2.24, 2.45) is 5.14 Å². The van der Waals surface area contributed by atoms with Gasteiger partial charge in [-0.3, -0.25) is 4.79 Å². The van der Waals surface area contributed by atoms with E-state index in [0.29, 0.717) is 40.3 Å². The van der Waals surface area contributed by atoms with Gasteiger partial charge in [-0.2, -0.15) is 0 Å². The zero-order valence-corrected chi connectivity index (χ0v) is 21.6. The number of H-pyrrole nitrogens is 1. The first-order valence-corrected chi connectivity index (χ1v) is 13.3. The number of benzene rings is 2. The lowest BCUT2D eigenvalue weighted by atomic mass is 10.1. The van der Waals surface area contributed by atoms with Crippen LogP contribution >= 0.6 is 11.6 Å². The Bertz CT molecular complexity index is 1640. The normalized spacial score (nSPS) is 13.8. The first-order chi connectivity index (χ1) is 17.1. The molecule has 2 aromatic heterocycles. The monoisotopic (exact) mass is 527 g/mol. The Hall–Kier alpha value is -3.41. The predicted octanol–water partition coefficient (Wildman–Crippen LogP) is 2.99. The number of anilines is 2. The third-order valence-corrected chi connectivity index (χ3v) is 7.41. The number of nitrogens with zero attached hydrogens (tertiary/aromatic N) is 4. The second-order valence-electron chi connectivity index (χ2n) is 9.13. The van der Waals surface area contributed by atoms with E-state index in [2.05, 4.69) is 10.3 Å². The molecule has 0 atom stereocenters. The van der Waals surface area contributed by atoms with Gasteiger partial charge < -0.3 is 15.2 Å². The molecule has 36 heavy (non-hydrogen) atoms. The summed E-state index contributed by atoms with van der Waals surface area (Å²) >= 11 is 6.66. The Morgan fingerprint density at radius 3 is 2.50 bits per heavy atom.